The van der Waals surface area contributed by atoms with Crippen molar-refractivity contribution in [3.05, 3.63) is 53.6 Å². The molecule has 0 aromatic heterocycles. The Bertz CT molecular complexity index is 1110. The number of hydrogen-bond acceptors (Lipinski definition) is 6. The van der Waals surface area contributed by atoms with Crippen LogP contribution in [-0.2, 0) is 16.0 Å². The molecular weight excluding hydrogens is 496 g/mol. The van der Waals surface area contributed by atoms with E-state index in [-0.39, 0.29) is 25.0 Å². The number of carbonyl (C=O) groups is 2. The van der Waals surface area contributed by atoms with E-state index in [9.17, 15) is 14.7 Å². The molecule has 1 amide bonds. The number of amides is 1. The van der Waals surface area contributed by atoms with Gasteiger partial charge in [0.05, 0.1) is 32.2 Å². The van der Waals surface area contributed by atoms with Crippen molar-refractivity contribution in [3.63, 3.8) is 0 Å². The van der Waals surface area contributed by atoms with Crippen molar-refractivity contribution in [2.45, 2.75) is 57.9 Å². The highest BCUT2D eigenvalue weighted by Crippen LogP contribution is 2.40. The lowest BCUT2D eigenvalue weighted by molar-refractivity contribution is -0.144. The zero-order valence-corrected chi connectivity index (χ0v) is 23.4. The van der Waals surface area contributed by atoms with Crippen molar-refractivity contribution < 1.29 is 28.9 Å². The maximum absolute atomic E-state index is 13.6. The minimum atomic E-state index is -0.880. The van der Waals surface area contributed by atoms with Gasteiger partial charge in [0.1, 0.15) is 12.4 Å². The summed E-state index contributed by atoms with van der Waals surface area (Å²) in [6, 6.07) is 12.9. The number of hydrogen-bond donors (Lipinski definition) is 1. The number of likely N-dealkylation sites (tertiary alicyclic amines) is 1. The molecule has 2 aromatic rings. The first kappa shape index (κ1) is 28.7. The van der Waals surface area contributed by atoms with Gasteiger partial charge in [0.15, 0.2) is 11.5 Å². The van der Waals surface area contributed by atoms with E-state index in [1.54, 1.807) is 7.11 Å². The van der Waals surface area contributed by atoms with Gasteiger partial charge in [0, 0.05) is 32.0 Å². The molecule has 8 nitrogen and oxygen atoms in total. The Morgan fingerprint density at radius 1 is 1.08 bits per heavy atom. The van der Waals surface area contributed by atoms with Gasteiger partial charge in [-0.15, -0.1) is 0 Å². The molecule has 3 atom stereocenters. The fourth-order valence-electron chi connectivity index (χ4n) is 5.72. The topological polar surface area (TPSA) is 88.5 Å². The van der Waals surface area contributed by atoms with Gasteiger partial charge in [0.2, 0.25) is 5.91 Å². The number of carboxylic acids is 1. The van der Waals surface area contributed by atoms with E-state index in [1.807, 2.05) is 46.2 Å². The molecule has 0 spiro atoms. The molecule has 1 unspecified atom stereocenters. The van der Waals surface area contributed by atoms with Crippen LogP contribution in [0.4, 0.5) is 0 Å². The van der Waals surface area contributed by atoms with Crippen LogP contribution >= 0.6 is 0 Å². The number of methoxy groups -OCH3 is 1. The first-order valence-corrected chi connectivity index (χ1v) is 14.2. The second-order valence-corrected chi connectivity index (χ2v) is 10.5. The molecular formula is C31H42N2O6. The van der Waals surface area contributed by atoms with Gasteiger partial charge in [0.25, 0.3) is 0 Å². The standard InChI is InChI=1S/C31H42N2O6/c1-4-6-15-32(16-7-5-2)29(34)20-33-19-24(22-12-13-26-23(18-22)14-17-38-26)30(31(35)36)25(33)21-39-28-11-9-8-10-27(28)37-3/h8-13,18,24-25,30H,4-7,14-17,19-21H2,1-3H3,(H,35,36)/t24-,25+,30?/m1/s1. The second-order valence-electron chi connectivity index (χ2n) is 10.5. The molecule has 0 bridgehead atoms. The van der Waals surface area contributed by atoms with Crippen LogP contribution in [0.2, 0.25) is 0 Å². The normalized spacial score (nSPS) is 20.3. The van der Waals surface area contributed by atoms with Crippen LogP contribution in [0.5, 0.6) is 17.2 Å². The van der Waals surface area contributed by atoms with Crippen molar-refractivity contribution in [2.75, 3.05) is 46.5 Å². The maximum Gasteiger partial charge on any atom is 0.308 e. The molecule has 8 heteroatoms. The number of carboxylic acid groups (broad SMARTS) is 1. The van der Waals surface area contributed by atoms with Crippen LogP contribution < -0.4 is 14.2 Å². The number of fused-ring (bicyclic) bond motifs is 1. The number of nitrogens with zero attached hydrogens (tertiary/aromatic N) is 2. The number of unbranched alkanes of at least 4 members (excludes halogenated alkanes) is 2. The lowest BCUT2D eigenvalue weighted by Gasteiger charge is -2.29. The number of aliphatic carboxylic acids is 1. The number of carbonyl (C=O) groups excluding carboxylic acids is 1. The van der Waals surface area contributed by atoms with Crippen LogP contribution in [0.3, 0.4) is 0 Å². The largest absolute Gasteiger partial charge is 0.493 e. The number of rotatable bonds is 14. The average molecular weight is 539 g/mol. The van der Waals surface area contributed by atoms with Gasteiger partial charge in [-0.2, -0.15) is 0 Å². The van der Waals surface area contributed by atoms with Crippen molar-refractivity contribution in [1.29, 1.82) is 0 Å². The summed E-state index contributed by atoms with van der Waals surface area (Å²) >= 11 is 0. The van der Waals surface area contributed by atoms with E-state index in [1.165, 1.54) is 0 Å². The fourth-order valence-corrected chi connectivity index (χ4v) is 5.72. The third-order valence-corrected chi connectivity index (χ3v) is 7.91. The average Bonchev–Trinajstić information content (AvgIpc) is 3.56. The lowest BCUT2D eigenvalue weighted by Crippen LogP contribution is -2.46. The summed E-state index contributed by atoms with van der Waals surface area (Å²) in [5.74, 6) is 0.182. The van der Waals surface area contributed by atoms with Gasteiger partial charge in [-0.3, -0.25) is 14.5 Å². The Balaban J connectivity index is 1.61. The summed E-state index contributed by atoms with van der Waals surface area (Å²) in [5, 5.41) is 10.5. The van der Waals surface area contributed by atoms with Crippen LogP contribution in [0.15, 0.2) is 42.5 Å². The predicted molar refractivity (Wildman–Crippen MR) is 150 cm³/mol. The minimum Gasteiger partial charge on any atom is -0.493 e. The van der Waals surface area contributed by atoms with Crippen LogP contribution in [0, 0.1) is 5.92 Å². The van der Waals surface area contributed by atoms with Gasteiger partial charge in [-0.05, 0) is 42.2 Å². The highest BCUT2D eigenvalue weighted by molar-refractivity contribution is 5.79. The summed E-state index contributed by atoms with van der Waals surface area (Å²) < 4.78 is 17.3. The highest BCUT2D eigenvalue weighted by atomic mass is 16.5. The molecule has 0 aliphatic carbocycles. The summed E-state index contributed by atoms with van der Waals surface area (Å²) in [6.45, 7) is 7.12. The van der Waals surface area contributed by atoms with Crippen LogP contribution in [0.25, 0.3) is 0 Å². The maximum atomic E-state index is 13.6. The lowest BCUT2D eigenvalue weighted by atomic mass is 9.84. The van der Waals surface area contributed by atoms with E-state index in [0.29, 0.717) is 24.7 Å². The molecule has 1 fully saturated rings. The van der Waals surface area contributed by atoms with Crippen molar-refractivity contribution in [3.8, 4) is 17.2 Å². The van der Waals surface area contributed by atoms with Gasteiger partial charge >= 0.3 is 5.97 Å². The molecule has 2 aromatic carbocycles. The Kier molecular flexibility index (Phi) is 10.1. The van der Waals surface area contributed by atoms with Gasteiger partial charge in [-0.1, -0.05) is 51.0 Å². The summed E-state index contributed by atoms with van der Waals surface area (Å²) in [6.07, 6.45) is 4.75. The molecule has 2 heterocycles. The minimum absolute atomic E-state index is 0.0475. The monoisotopic (exact) mass is 538 g/mol. The van der Waals surface area contributed by atoms with Gasteiger partial charge < -0.3 is 24.2 Å². The Morgan fingerprint density at radius 3 is 2.46 bits per heavy atom. The first-order chi connectivity index (χ1) is 19.0. The van der Waals surface area contributed by atoms with Crippen molar-refractivity contribution >= 4 is 11.9 Å². The molecule has 1 N–H and O–H groups in total. The zero-order chi connectivity index (χ0) is 27.8. The Hall–Kier alpha value is -3.26. The SMILES string of the molecule is CCCCN(CCCC)C(=O)CN1C[C@H](c2ccc3c(c2)CCO3)C(C(=O)O)[C@@H]1COc1ccccc1OC. The van der Waals surface area contributed by atoms with Gasteiger partial charge in [-0.25, -0.2) is 0 Å². The fraction of sp³-hybridized carbons (Fsp3) is 0.548. The zero-order valence-electron chi connectivity index (χ0n) is 23.4. The molecule has 2 aliphatic heterocycles. The van der Waals surface area contributed by atoms with E-state index >= 15 is 0 Å². The number of ether oxygens (including phenoxy) is 3. The predicted octanol–water partition coefficient (Wildman–Crippen LogP) is 4.61. The Morgan fingerprint density at radius 2 is 1.79 bits per heavy atom. The van der Waals surface area contributed by atoms with E-state index in [4.69, 9.17) is 14.2 Å². The number of benzene rings is 2. The van der Waals surface area contributed by atoms with Crippen LogP contribution in [-0.4, -0.2) is 79.3 Å². The Labute approximate surface area is 231 Å². The third-order valence-electron chi connectivity index (χ3n) is 7.91. The number of para-hydroxylation sites is 2. The summed E-state index contributed by atoms with van der Waals surface area (Å²) in [5.41, 5.74) is 2.08. The summed E-state index contributed by atoms with van der Waals surface area (Å²) in [7, 11) is 1.58. The molecule has 212 valence electrons. The molecule has 4 rings (SSSR count). The second kappa shape index (κ2) is 13.7. The van der Waals surface area contributed by atoms with E-state index in [2.05, 4.69) is 19.9 Å². The van der Waals surface area contributed by atoms with E-state index in [0.717, 1.165) is 62.1 Å². The molecule has 0 saturated carbocycles. The summed E-state index contributed by atoms with van der Waals surface area (Å²) in [4.78, 5) is 30.3. The molecule has 1 saturated heterocycles. The third kappa shape index (κ3) is 6.85. The molecule has 2 aliphatic rings. The smallest absolute Gasteiger partial charge is 0.308 e. The molecule has 0 radical (unpaired) electrons. The van der Waals surface area contributed by atoms with Crippen LogP contribution in [0.1, 0.15) is 56.6 Å². The quantitative estimate of drug-likeness (QED) is 0.376. The molecule has 39 heavy (non-hydrogen) atoms. The van der Waals surface area contributed by atoms with Crippen molar-refractivity contribution in [2.24, 2.45) is 5.92 Å². The van der Waals surface area contributed by atoms with E-state index < -0.39 is 17.9 Å². The highest BCUT2D eigenvalue weighted by Gasteiger charge is 2.48. The first-order valence-electron chi connectivity index (χ1n) is 14.2. The van der Waals surface area contributed by atoms with Crippen molar-refractivity contribution in [1.82, 2.24) is 9.80 Å².